The van der Waals surface area contributed by atoms with E-state index >= 15 is 0 Å². The van der Waals surface area contributed by atoms with Gasteiger partial charge in [-0.25, -0.2) is 8.78 Å². The van der Waals surface area contributed by atoms with Gasteiger partial charge in [-0.05, 0) is 12.5 Å². The van der Waals surface area contributed by atoms with Gasteiger partial charge >= 0.3 is 0 Å². The highest BCUT2D eigenvalue weighted by atomic mass is 35.5. The molecule has 0 heterocycles. The minimum absolute atomic E-state index is 0.295. The van der Waals surface area contributed by atoms with Crippen LogP contribution in [0.15, 0.2) is 18.2 Å². The molecule has 0 aliphatic rings. The quantitative estimate of drug-likeness (QED) is 0.685. The molecule has 1 aromatic carbocycles. The smallest absolute Gasteiger partial charge is 0.130 e. The third-order valence-electron chi connectivity index (χ3n) is 1.66. The van der Waals surface area contributed by atoms with Crippen LogP contribution in [0.1, 0.15) is 17.4 Å². The molecule has 0 N–H and O–H groups in total. The fourth-order valence-electron chi connectivity index (χ4n) is 1.01. The van der Waals surface area contributed by atoms with Gasteiger partial charge in [-0.3, -0.25) is 0 Å². The molecule has 0 nitrogen and oxygen atoms in total. The molecular formula is C9H8Cl2F2. The minimum Gasteiger partial charge on any atom is -0.207 e. The normalized spacial score (nSPS) is 12.9. The Balaban J connectivity index is 2.88. The van der Waals surface area contributed by atoms with Gasteiger partial charge in [-0.2, -0.15) is 0 Å². The largest absolute Gasteiger partial charge is 0.207 e. The predicted octanol–water partition coefficient (Wildman–Crippen LogP) is 3.87. The summed E-state index contributed by atoms with van der Waals surface area (Å²) in [5.74, 6) is -0.869. The summed E-state index contributed by atoms with van der Waals surface area (Å²) in [6, 6.07) is 3.34. The maximum absolute atomic E-state index is 13.1. The van der Waals surface area contributed by atoms with Crippen LogP contribution in [-0.4, -0.2) is 5.88 Å². The second-order valence-electron chi connectivity index (χ2n) is 2.61. The molecule has 0 bridgehead atoms. The van der Waals surface area contributed by atoms with Crippen LogP contribution in [-0.2, 0) is 0 Å². The lowest BCUT2D eigenvalue weighted by molar-refractivity contribution is 0.569. The highest BCUT2D eigenvalue weighted by Crippen LogP contribution is 2.27. The van der Waals surface area contributed by atoms with Crippen molar-refractivity contribution in [3.8, 4) is 0 Å². The third-order valence-corrected chi connectivity index (χ3v) is 2.33. The minimum atomic E-state index is -0.620. The molecule has 4 heteroatoms. The topological polar surface area (TPSA) is 0 Å². The van der Waals surface area contributed by atoms with E-state index in [1.165, 1.54) is 12.1 Å². The molecule has 1 rings (SSSR count). The number of rotatable bonds is 3. The summed E-state index contributed by atoms with van der Waals surface area (Å²) >= 11 is 11.3. The van der Waals surface area contributed by atoms with E-state index in [0.717, 1.165) is 6.07 Å². The van der Waals surface area contributed by atoms with Crippen LogP contribution >= 0.6 is 23.2 Å². The van der Waals surface area contributed by atoms with Crippen LogP contribution in [0.25, 0.3) is 0 Å². The summed E-state index contributed by atoms with van der Waals surface area (Å²) in [7, 11) is 0. The van der Waals surface area contributed by atoms with Gasteiger partial charge in [-0.1, -0.05) is 6.07 Å². The lowest BCUT2D eigenvalue weighted by atomic mass is 10.1. The van der Waals surface area contributed by atoms with Gasteiger partial charge < -0.3 is 0 Å². The van der Waals surface area contributed by atoms with Gasteiger partial charge in [0.05, 0.1) is 5.38 Å². The summed E-state index contributed by atoms with van der Waals surface area (Å²) < 4.78 is 25.5. The lowest BCUT2D eigenvalue weighted by Gasteiger charge is -2.08. The van der Waals surface area contributed by atoms with Crippen molar-refractivity contribution in [2.75, 3.05) is 5.88 Å². The monoisotopic (exact) mass is 224 g/mol. The predicted molar refractivity (Wildman–Crippen MR) is 50.3 cm³/mol. The van der Waals surface area contributed by atoms with E-state index < -0.39 is 17.0 Å². The molecular weight excluding hydrogens is 217 g/mol. The highest BCUT2D eigenvalue weighted by molar-refractivity contribution is 6.22. The van der Waals surface area contributed by atoms with E-state index in [1.807, 2.05) is 0 Å². The van der Waals surface area contributed by atoms with Gasteiger partial charge in [0.1, 0.15) is 11.6 Å². The first-order chi connectivity index (χ1) is 6.15. The second-order valence-corrected chi connectivity index (χ2v) is 3.52. The fraction of sp³-hybridized carbons (Fsp3) is 0.333. The molecule has 1 unspecified atom stereocenters. The Hall–Kier alpha value is -0.340. The lowest BCUT2D eigenvalue weighted by Crippen LogP contribution is -1.96. The Morgan fingerprint density at radius 2 is 2.00 bits per heavy atom. The fourth-order valence-corrected chi connectivity index (χ4v) is 1.62. The molecule has 0 saturated heterocycles. The molecule has 0 aliphatic carbocycles. The van der Waals surface area contributed by atoms with Crippen molar-refractivity contribution in [3.05, 3.63) is 35.4 Å². The van der Waals surface area contributed by atoms with Crippen molar-refractivity contribution in [1.82, 2.24) is 0 Å². The standard InChI is InChI=1S/C9H8Cl2F2/c10-4-3-8(11)7-2-1-6(12)5-9(7)13/h1-2,5,8H,3-4H2. The molecule has 0 amide bonds. The number of benzene rings is 1. The van der Waals surface area contributed by atoms with Crippen LogP contribution in [0.3, 0.4) is 0 Å². The maximum Gasteiger partial charge on any atom is 0.130 e. The zero-order valence-electron chi connectivity index (χ0n) is 6.74. The average molecular weight is 225 g/mol. The van der Waals surface area contributed by atoms with Gasteiger partial charge in [0, 0.05) is 17.5 Å². The molecule has 0 aromatic heterocycles. The van der Waals surface area contributed by atoms with Crippen molar-refractivity contribution in [3.63, 3.8) is 0 Å². The number of alkyl halides is 2. The summed E-state index contributed by atoms with van der Waals surface area (Å²) in [5.41, 5.74) is 0.295. The molecule has 1 atom stereocenters. The van der Waals surface area contributed by atoms with Crippen molar-refractivity contribution < 1.29 is 8.78 Å². The Morgan fingerprint density at radius 3 is 2.54 bits per heavy atom. The number of halogens is 4. The zero-order chi connectivity index (χ0) is 9.84. The SMILES string of the molecule is Fc1ccc(C(Cl)CCCl)c(F)c1. The molecule has 0 fully saturated rings. The summed E-state index contributed by atoms with van der Waals surface area (Å²) in [5, 5.41) is -0.488. The van der Waals surface area contributed by atoms with Crippen LogP contribution in [0.2, 0.25) is 0 Å². The first kappa shape index (κ1) is 10.7. The summed E-state index contributed by atoms with van der Waals surface area (Å²) in [6.07, 6.45) is 0.464. The third kappa shape index (κ3) is 2.82. The zero-order valence-corrected chi connectivity index (χ0v) is 8.25. The molecule has 0 radical (unpaired) electrons. The van der Waals surface area contributed by atoms with E-state index in [-0.39, 0.29) is 0 Å². The number of hydrogen-bond donors (Lipinski definition) is 0. The highest BCUT2D eigenvalue weighted by Gasteiger charge is 2.12. The first-order valence-corrected chi connectivity index (χ1v) is 4.77. The van der Waals surface area contributed by atoms with Gasteiger partial charge in [0.15, 0.2) is 0 Å². The Labute approximate surface area is 85.5 Å². The van der Waals surface area contributed by atoms with Crippen LogP contribution in [0, 0.1) is 11.6 Å². The maximum atomic E-state index is 13.1. The van der Waals surface area contributed by atoms with E-state index in [9.17, 15) is 8.78 Å². The van der Waals surface area contributed by atoms with Crippen LogP contribution in [0.4, 0.5) is 8.78 Å². The van der Waals surface area contributed by atoms with Gasteiger partial charge in [0.25, 0.3) is 0 Å². The molecule has 72 valence electrons. The van der Waals surface area contributed by atoms with E-state index in [2.05, 4.69) is 0 Å². The van der Waals surface area contributed by atoms with Gasteiger partial charge in [0.2, 0.25) is 0 Å². The Kier molecular flexibility index (Phi) is 3.94. The number of hydrogen-bond acceptors (Lipinski definition) is 0. The van der Waals surface area contributed by atoms with Crippen molar-refractivity contribution >= 4 is 23.2 Å². The first-order valence-electron chi connectivity index (χ1n) is 3.80. The van der Waals surface area contributed by atoms with Crippen molar-refractivity contribution in [2.24, 2.45) is 0 Å². The van der Waals surface area contributed by atoms with Gasteiger partial charge in [-0.15, -0.1) is 23.2 Å². The van der Waals surface area contributed by atoms with Crippen molar-refractivity contribution in [2.45, 2.75) is 11.8 Å². The van der Waals surface area contributed by atoms with Crippen molar-refractivity contribution in [1.29, 1.82) is 0 Å². The summed E-state index contributed by atoms with van der Waals surface area (Å²) in [6.45, 7) is 0. The van der Waals surface area contributed by atoms with E-state index in [1.54, 1.807) is 0 Å². The molecule has 0 spiro atoms. The molecule has 13 heavy (non-hydrogen) atoms. The second kappa shape index (κ2) is 4.77. The Bertz CT molecular complexity index is 289. The summed E-state index contributed by atoms with van der Waals surface area (Å²) in [4.78, 5) is 0. The molecule has 0 saturated carbocycles. The Morgan fingerprint density at radius 1 is 1.31 bits per heavy atom. The van der Waals surface area contributed by atoms with Crippen LogP contribution in [0.5, 0.6) is 0 Å². The molecule has 0 aliphatic heterocycles. The van der Waals surface area contributed by atoms with E-state index in [0.29, 0.717) is 17.9 Å². The average Bonchev–Trinajstić information content (AvgIpc) is 2.04. The molecule has 1 aromatic rings. The van der Waals surface area contributed by atoms with E-state index in [4.69, 9.17) is 23.2 Å². The van der Waals surface area contributed by atoms with Crippen LogP contribution < -0.4 is 0 Å².